The van der Waals surface area contributed by atoms with Crippen LogP contribution in [-0.2, 0) is 23.0 Å². The molecule has 5 heterocycles. The third kappa shape index (κ3) is 3.06. The molecule has 0 amide bonds. The number of ether oxygens (including phenoxy) is 1. The van der Waals surface area contributed by atoms with Gasteiger partial charge in [-0.25, -0.2) is 9.97 Å². The number of pyridine rings is 2. The maximum Gasteiger partial charge on any atom is 0.232 e. The molecule has 0 radical (unpaired) electrons. The van der Waals surface area contributed by atoms with Crippen molar-refractivity contribution in [2.75, 3.05) is 18.9 Å². The fraction of sp³-hybridized carbons (Fsp3) is 0.458. The second kappa shape index (κ2) is 7.15. The average molecular weight is 480 g/mol. The van der Waals surface area contributed by atoms with Crippen LogP contribution in [0.25, 0.3) is 32.5 Å². The molecule has 2 N–H and O–H groups in total. The van der Waals surface area contributed by atoms with Crippen LogP contribution in [0, 0.1) is 5.41 Å². The second-order valence-electron chi connectivity index (χ2n) is 9.97. The van der Waals surface area contributed by atoms with Crippen LogP contribution in [0.2, 0.25) is 0 Å². The number of hydrogen-bond donors (Lipinski definition) is 1. The molecule has 3 fully saturated rings. The average Bonchev–Trinajstić information content (AvgIpc) is 3.22. The molecule has 1 spiro atoms. The molecule has 1 saturated heterocycles. The lowest BCUT2D eigenvalue weighted by atomic mass is 9.58. The Morgan fingerprint density at radius 1 is 1.27 bits per heavy atom. The first-order valence-electron chi connectivity index (χ1n) is 11.5. The molecule has 7 rings (SSSR count). The van der Waals surface area contributed by atoms with E-state index in [0.717, 1.165) is 82.0 Å². The van der Waals surface area contributed by atoms with Gasteiger partial charge in [0, 0.05) is 52.4 Å². The highest BCUT2D eigenvalue weighted by atomic mass is 32.2. The van der Waals surface area contributed by atoms with Crippen molar-refractivity contribution in [3.05, 3.63) is 30.1 Å². The SMILES string of the molecule is Cn1cc2cc(-c3cc(C4CC5(COC5)C4)c4c(N)c([S@+]([O-])C5CCC5)sc4n3)cnc2n1. The number of nitrogen functional groups attached to an aromatic ring is 1. The third-order valence-corrected chi connectivity index (χ3v) is 10.9. The lowest BCUT2D eigenvalue weighted by molar-refractivity contribution is -0.164. The summed E-state index contributed by atoms with van der Waals surface area (Å²) < 4.78 is 21.3. The second-order valence-corrected chi connectivity index (χ2v) is 12.9. The molecule has 4 aromatic rings. The van der Waals surface area contributed by atoms with E-state index in [1.807, 2.05) is 19.4 Å². The summed E-state index contributed by atoms with van der Waals surface area (Å²) in [5.74, 6) is 0.426. The Morgan fingerprint density at radius 2 is 2.09 bits per heavy atom. The molecular weight excluding hydrogens is 454 g/mol. The van der Waals surface area contributed by atoms with E-state index >= 15 is 0 Å². The number of fused-ring (bicyclic) bond motifs is 2. The molecular formula is C24H25N5O2S2. The zero-order valence-electron chi connectivity index (χ0n) is 18.4. The molecule has 9 heteroatoms. The zero-order chi connectivity index (χ0) is 22.3. The van der Waals surface area contributed by atoms with E-state index in [4.69, 9.17) is 15.5 Å². The van der Waals surface area contributed by atoms with Crippen molar-refractivity contribution in [2.24, 2.45) is 12.5 Å². The van der Waals surface area contributed by atoms with Gasteiger partial charge in [-0.2, -0.15) is 5.10 Å². The van der Waals surface area contributed by atoms with Gasteiger partial charge in [0.25, 0.3) is 0 Å². The van der Waals surface area contributed by atoms with Gasteiger partial charge >= 0.3 is 0 Å². The van der Waals surface area contributed by atoms with Gasteiger partial charge in [0.2, 0.25) is 4.21 Å². The summed E-state index contributed by atoms with van der Waals surface area (Å²) >= 11 is 0.461. The predicted molar refractivity (Wildman–Crippen MR) is 131 cm³/mol. The van der Waals surface area contributed by atoms with Gasteiger partial charge in [0.1, 0.15) is 15.8 Å². The molecule has 3 aliphatic rings. The Hall–Kier alpha value is -2.20. The number of aryl methyl sites for hydroxylation is 1. The topological polar surface area (TPSA) is 102 Å². The molecule has 2 saturated carbocycles. The number of anilines is 1. The molecule has 1 aliphatic heterocycles. The maximum absolute atomic E-state index is 13.2. The van der Waals surface area contributed by atoms with E-state index in [0.29, 0.717) is 17.0 Å². The van der Waals surface area contributed by atoms with Crippen LogP contribution < -0.4 is 5.73 Å². The van der Waals surface area contributed by atoms with Crippen LogP contribution in [0.1, 0.15) is 43.6 Å². The lowest BCUT2D eigenvalue weighted by Gasteiger charge is -2.53. The fourth-order valence-corrected chi connectivity index (χ4v) is 8.71. The van der Waals surface area contributed by atoms with Crippen LogP contribution in [0.4, 0.5) is 5.69 Å². The minimum atomic E-state index is -1.05. The summed E-state index contributed by atoms with van der Waals surface area (Å²) in [5, 5.41) is 6.63. The first-order chi connectivity index (χ1) is 16.0. The van der Waals surface area contributed by atoms with Crippen molar-refractivity contribution < 1.29 is 9.29 Å². The largest absolute Gasteiger partial charge is 0.611 e. The lowest BCUT2D eigenvalue weighted by Crippen LogP contribution is -2.51. The summed E-state index contributed by atoms with van der Waals surface area (Å²) in [5.41, 5.74) is 11.5. The number of thiophene rings is 1. The third-order valence-electron chi connectivity index (χ3n) is 7.62. The van der Waals surface area contributed by atoms with Crippen LogP contribution in [0.15, 0.2) is 28.7 Å². The van der Waals surface area contributed by atoms with E-state index in [9.17, 15) is 4.55 Å². The van der Waals surface area contributed by atoms with Gasteiger partial charge in [-0.3, -0.25) is 4.68 Å². The summed E-state index contributed by atoms with van der Waals surface area (Å²) in [4.78, 5) is 10.4. The highest BCUT2D eigenvalue weighted by Gasteiger charge is 2.51. The van der Waals surface area contributed by atoms with Crippen molar-refractivity contribution in [3.8, 4) is 11.3 Å². The standard InChI is InChI=1S/C24H25N5O2S2/c1-29-10-14-5-13(9-26-21(14)28-29)18-6-17(15-7-24(8-15)11-31-12-24)19-20(25)23(32-22(19)27-18)33(30)16-3-2-4-16/h5-6,9-10,15-16H,2-4,7-8,11-12,25H2,1H3/t33-/m1/s1. The Kier molecular flexibility index (Phi) is 4.38. The molecule has 4 aromatic heterocycles. The van der Waals surface area contributed by atoms with Gasteiger partial charge in [-0.05, 0) is 55.7 Å². The molecule has 170 valence electrons. The summed E-state index contributed by atoms with van der Waals surface area (Å²) in [6.07, 6.45) is 9.25. The van der Waals surface area contributed by atoms with E-state index in [-0.39, 0.29) is 5.25 Å². The summed E-state index contributed by atoms with van der Waals surface area (Å²) in [6.45, 7) is 1.73. The van der Waals surface area contributed by atoms with Crippen molar-refractivity contribution >= 4 is 49.5 Å². The number of aromatic nitrogens is 4. The number of hydrogen-bond acceptors (Lipinski definition) is 7. The fourth-order valence-electron chi connectivity index (χ4n) is 5.49. The van der Waals surface area contributed by atoms with Crippen LogP contribution in [-0.4, -0.2) is 42.8 Å². The molecule has 0 bridgehead atoms. The van der Waals surface area contributed by atoms with Crippen molar-refractivity contribution in [2.45, 2.75) is 47.5 Å². The van der Waals surface area contributed by atoms with Gasteiger partial charge in [-0.15, -0.1) is 0 Å². The molecule has 1 atom stereocenters. The zero-order valence-corrected chi connectivity index (χ0v) is 20.0. The first kappa shape index (κ1) is 20.2. The van der Waals surface area contributed by atoms with Crippen molar-refractivity contribution in [1.82, 2.24) is 19.7 Å². The van der Waals surface area contributed by atoms with E-state index < -0.39 is 11.2 Å². The Balaban J connectivity index is 1.37. The van der Waals surface area contributed by atoms with Gasteiger partial charge in [0.15, 0.2) is 5.65 Å². The molecule has 33 heavy (non-hydrogen) atoms. The van der Waals surface area contributed by atoms with Gasteiger partial charge < -0.3 is 15.0 Å². The minimum absolute atomic E-state index is 0.236. The van der Waals surface area contributed by atoms with Crippen molar-refractivity contribution in [1.29, 1.82) is 0 Å². The summed E-state index contributed by atoms with van der Waals surface area (Å²) in [6, 6.07) is 4.29. The molecule has 0 unspecified atom stereocenters. The Morgan fingerprint density at radius 3 is 2.79 bits per heavy atom. The Bertz CT molecular complexity index is 1400. The van der Waals surface area contributed by atoms with E-state index in [1.165, 1.54) is 16.9 Å². The molecule has 0 aromatic carbocycles. The van der Waals surface area contributed by atoms with E-state index in [2.05, 4.69) is 22.2 Å². The highest BCUT2D eigenvalue weighted by molar-refractivity contribution is 7.94. The van der Waals surface area contributed by atoms with Gasteiger partial charge in [-0.1, -0.05) is 11.3 Å². The monoisotopic (exact) mass is 479 g/mol. The normalized spacial score (nSPS) is 21.3. The van der Waals surface area contributed by atoms with Crippen molar-refractivity contribution in [3.63, 3.8) is 0 Å². The minimum Gasteiger partial charge on any atom is -0.611 e. The number of nitrogens with two attached hydrogens (primary N) is 1. The van der Waals surface area contributed by atoms with E-state index in [1.54, 1.807) is 4.68 Å². The smallest absolute Gasteiger partial charge is 0.232 e. The molecule has 7 nitrogen and oxygen atoms in total. The maximum atomic E-state index is 13.2. The van der Waals surface area contributed by atoms with Crippen LogP contribution >= 0.6 is 11.3 Å². The molecule has 2 aliphatic carbocycles. The Labute approximate surface area is 198 Å². The number of nitrogens with zero attached hydrogens (tertiary/aromatic N) is 4. The first-order valence-corrected chi connectivity index (χ1v) is 13.5. The quantitative estimate of drug-likeness (QED) is 0.436. The van der Waals surface area contributed by atoms with Crippen LogP contribution in [0.5, 0.6) is 0 Å². The van der Waals surface area contributed by atoms with Crippen LogP contribution in [0.3, 0.4) is 0 Å². The predicted octanol–water partition coefficient (Wildman–Crippen LogP) is 4.38. The van der Waals surface area contributed by atoms with Gasteiger partial charge in [0.05, 0.1) is 18.9 Å². The summed E-state index contributed by atoms with van der Waals surface area (Å²) in [7, 11) is 1.90. The highest BCUT2D eigenvalue weighted by Crippen LogP contribution is 2.57. The number of rotatable bonds is 4.